The number of sulfonamides is 1. The van der Waals surface area contributed by atoms with Crippen molar-refractivity contribution < 1.29 is 17.9 Å². The predicted molar refractivity (Wildman–Crippen MR) is 70.1 cm³/mol. The fourth-order valence-corrected chi connectivity index (χ4v) is 1.96. The zero-order valence-electron chi connectivity index (χ0n) is 11.4. The van der Waals surface area contributed by atoms with Gasteiger partial charge in [0.1, 0.15) is 11.4 Å². The molecule has 1 rings (SSSR count). The second-order valence-corrected chi connectivity index (χ2v) is 6.30. The van der Waals surface area contributed by atoms with E-state index in [2.05, 4.69) is 9.97 Å². The molecule has 7 nitrogen and oxygen atoms in total. The molecule has 0 aromatic carbocycles. The highest BCUT2D eigenvalue weighted by Gasteiger charge is 2.31. The Balaban J connectivity index is 3.08. The summed E-state index contributed by atoms with van der Waals surface area (Å²) in [4.78, 5) is 8.11. The first-order valence-electron chi connectivity index (χ1n) is 5.78. The summed E-state index contributed by atoms with van der Waals surface area (Å²) in [6.07, 6.45) is 1.91. The first kappa shape index (κ1) is 15.8. The molecule has 2 N–H and O–H groups in total. The Bertz CT molecular complexity index is 501. The van der Waals surface area contributed by atoms with Gasteiger partial charge in [-0.25, -0.2) is 23.5 Å². The fraction of sp³-hybridized carbons (Fsp3) is 0.636. The molecule has 2 atom stereocenters. The second-order valence-electron chi connectivity index (χ2n) is 4.38. The minimum Gasteiger partial charge on any atom is -0.494 e. The Labute approximate surface area is 113 Å². The normalized spacial score (nSPS) is 15.3. The molecule has 108 valence electrons. The van der Waals surface area contributed by atoms with Gasteiger partial charge in [-0.1, -0.05) is 0 Å². The molecule has 0 spiro atoms. The highest BCUT2D eigenvalue weighted by Crippen LogP contribution is 2.24. The molecule has 0 amide bonds. The lowest BCUT2D eigenvalue weighted by Gasteiger charge is -2.23. The van der Waals surface area contributed by atoms with Crippen molar-refractivity contribution in [3.8, 4) is 5.75 Å². The van der Waals surface area contributed by atoms with Crippen molar-refractivity contribution in [1.82, 2.24) is 9.97 Å². The van der Waals surface area contributed by atoms with Gasteiger partial charge in [-0.15, -0.1) is 0 Å². The van der Waals surface area contributed by atoms with Crippen molar-refractivity contribution in [2.24, 2.45) is 5.14 Å². The lowest BCUT2D eigenvalue weighted by Crippen LogP contribution is -2.34. The Morgan fingerprint density at radius 1 is 1.21 bits per heavy atom. The van der Waals surface area contributed by atoms with Crippen molar-refractivity contribution in [1.29, 1.82) is 0 Å². The van der Waals surface area contributed by atoms with Gasteiger partial charge in [0, 0.05) is 0 Å². The third-order valence-electron chi connectivity index (χ3n) is 2.50. The number of aromatic nitrogens is 2. The van der Waals surface area contributed by atoms with Crippen LogP contribution in [0.2, 0.25) is 0 Å². The van der Waals surface area contributed by atoms with Crippen molar-refractivity contribution in [3.63, 3.8) is 0 Å². The highest BCUT2D eigenvalue weighted by molar-refractivity contribution is 7.89. The average Bonchev–Trinajstić information content (AvgIpc) is 2.34. The van der Waals surface area contributed by atoms with Crippen LogP contribution in [-0.2, 0) is 14.8 Å². The van der Waals surface area contributed by atoms with Gasteiger partial charge in [0.15, 0.2) is 11.6 Å². The average molecular weight is 289 g/mol. The first-order chi connectivity index (χ1) is 8.75. The summed E-state index contributed by atoms with van der Waals surface area (Å²) in [6.45, 7) is 5.06. The molecular formula is C11H19N3O4S. The molecule has 0 bridgehead atoms. The van der Waals surface area contributed by atoms with Crippen LogP contribution in [0.25, 0.3) is 0 Å². The molecular weight excluding hydrogens is 270 g/mol. The molecule has 8 heteroatoms. The summed E-state index contributed by atoms with van der Waals surface area (Å²) in [7, 11) is -2.25. The van der Waals surface area contributed by atoms with Gasteiger partial charge >= 0.3 is 0 Å². The van der Waals surface area contributed by atoms with Gasteiger partial charge in [0.2, 0.25) is 10.0 Å². The van der Waals surface area contributed by atoms with Crippen LogP contribution in [0.1, 0.15) is 32.7 Å². The number of nitrogens with zero attached hydrogens (tertiary/aromatic N) is 2. The molecule has 0 aliphatic heterocycles. The lowest BCUT2D eigenvalue weighted by atomic mass is 10.2. The van der Waals surface area contributed by atoms with Crippen LogP contribution in [-0.4, -0.2) is 36.8 Å². The van der Waals surface area contributed by atoms with E-state index in [1.807, 2.05) is 0 Å². The number of ether oxygens (including phenoxy) is 2. The van der Waals surface area contributed by atoms with Gasteiger partial charge < -0.3 is 9.47 Å². The quantitative estimate of drug-likeness (QED) is 0.823. The third kappa shape index (κ3) is 4.41. The molecule has 1 heterocycles. The maximum absolute atomic E-state index is 11.5. The van der Waals surface area contributed by atoms with Gasteiger partial charge in [-0.2, -0.15) is 0 Å². The van der Waals surface area contributed by atoms with Crippen LogP contribution < -0.4 is 9.88 Å². The topological polar surface area (TPSA) is 104 Å². The van der Waals surface area contributed by atoms with E-state index in [0.717, 1.165) is 0 Å². The standard InChI is InChI=1S/C11H19N3O4S/c1-7(2)18-10(8(3)19(12,15)16)11-13-5-9(17-4)6-14-11/h5-8,10H,1-4H3,(H2,12,15,16). The number of hydrogen-bond donors (Lipinski definition) is 1. The third-order valence-corrected chi connectivity index (χ3v) is 3.79. The minimum absolute atomic E-state index is 0.181. The van der Waals surface area contributed by atoms with Crippen LogP contribution in [0.3, 0.4) is 0 Å². The summed E-state index contributed by atoms with van der Waals surface area (Å²) < 4.78 is 33.5. The van der Waals surface area contributed by atoms with Crippen LogP contribution in [0.4, 0.5) is 0 Å². The van der Waals surface area contributed by atoms with Gasteiger partial charge in [-0.05, 0) is 20.8 Å². The molecule has 0 aliphatic rings. The van der Waals surface area contributed by atoms with E-state index < -0.39 is 21.4 Å². The van der Waals surface area contributed by atoms with Crippen LogP contribution >= 0.6 is 0 Å². The van der Waals surface area contributed by atoms with Crippen molar-refractivity contribution in [2.45, 2.75) is 38.2 Å². The monoisotopic (exact) mass is 289 g/mol. The molecule has 0 radical (unpaired) electrons. The van der Waals surface area contributed by atoms with Gasteiger partial charge in [0.05, 0.1) is 25.6 Å². The lowest BCUT2D eigenvalue weighted by molar-refractivity contribution is 0.00140. The number of hydrogen-bond acceptors (Lipinski definition) is 6. The van der Waals surface area contributed by atoms with Crippen LogP contribution in [0.15, 0.2) is 12.4 Å². The maximum atomic E-state index is 11.5. The zero-order valence-corrected chi connectivity index (χ0v) is 12.2. The van der Waals surface area contributed by atoms with Crippen molar-refractivity contribution in [3.05, 3.63) is 18.2 Å². The zero-order chi connectivity index (χ0) is 14.6. The predicted octanol–water partition coefficient (Wildman–Crippen LogP) is 0.628. The highest BCUT2D eigenvalue weighted by atomic mass is 32.2. The number of methoxy groups -OCH3 is 1. The summed E-state index contributed by atoms with van der Waals surface area (Å²) in [6, 6.07) is 0. The molecule has 1 aromatic rings. The Kier molecular flexibility index (Phi) is 5.21. The fourth-order valence-electron chi connectivity index (χ4n) is 1.43. The summed E-state index contributed by atoms with van der Waals surface area (Å²) in [5, 5.41) is 4.22. The largest absolute Gasteiger partial charge is 0.494 e. The van der Waals surface area contributed by atoms with E-state index in [9.17, 15) is 8.42 Å². The second kappa shape index (κ2) is 6.27. The van der Waals surface area contributed by atoms with E-state index in [1.165, 1.54) is 26.4 Å². The molecule has 0 aliphatic carbocycles. The summed E-state index contributed by atoms with van der Waals surface area (Å²) >= 11 is 0. The smallest absolute Gasteiger partial charge is 0.214 e. The van der Waals surface area contributed by atoms with Crippen LogP contribution in [0.5, 0.6) is 5.75 Å². The van der Waals surface area contributed by atoms with Crippen LogP contribution in [0, 0.1) is 0 Å². The number of primary sulfonamides is 1. The number of nitrogens with two attached hydrogens (primary N) is 1. The maximum Gasteiger partial charge on any atom is 0.214 e. The Hall–Kier alpha value is -1.25. The Morgan fingerprint density at radius 2 is 1.74 bits per heavy atom. The SMILES string of the molecule is COc1cnc(C(OC(C)C)C(C)S(N)(=O)=O)nc1. The molecule has 19 heavy (non-hydrogen) atoms. The van der Waals surface area contributed by atoms with Gasteiger partial charge in [-0.3, -0.25) is 0 Å². The van der Waals surface area contributed by atoms with Gasteiger partial charge in [0.25, 0.3) is 0 Å². The van der Waals surface area contributed by atoms with E-state index >= 15 is 0 Å². The minimum atomic E-state index is -3.75. The van der Waals surface area contributed by atoms with E-state index in [0.29, 0.717) is 5.75 Å². The summed E-state index contributed by atoms with van der Waals surface area (Å²) in [5.41, 5.74) is 0. The molecule has 1 aromatic heterocycles. The van der Waals surface area contributed by atoms with E-state index in [1.54, 1.807) is 13.8 Å². The van der Waals surface area contributed by atoms with E-state index in [-0.39, 0.29) is 11.9 Å². The molecule has 0 saturated carbocycles. The molecule has 0 saturated heterocycles. The molecule has 2 unspecified atom stereocenters. The van der Waals surface area contributed by atoms with Crippen molar-refractivity contribution >= 4 is 10.0 Å². The first-order valence-corrected chi connectivity index (χ1v) is 7.39. The Morgan fingerprint density at radius 3 is 2.11 bits per heavy atom. The molecule has 0 fully saturated rings. The van der Waals surface area contributed by atoms with E-state index in [4.69, 9.17) is 14.6 Å². The van der Waals surface area contributed by atoms with Crippen molar-refractivity contribution in [2.75, 3.05) is 7.11 Å². The summed E-state index contributed by atoms with van der Waals surface area (Å²) in [5.74, 6) is 0.742. The number of rotatable bonds is 6.